The Balaban J connectivity index is 1.87. The van der Waals surface area contributed by atoms with Gasteiger partial charge in [-0.15, -0.1) is 11.3 Å². The predicted molar refractivity (Wildman–Crippen MR) is 109 cm³/mol. The first-order valence-corrected chi connectivity index (χ1v) is 10.00. The fourth-order valence-corrected chi connectivity index (χ4v) is 4.88. The Kier molecular flexibility index (Phi) is 5.69. The summed E-state index contributed by atoms with van der Waals surface area (Å²) in [4.78, 5) is 15.5. The van der Waals surface area contributed by atoms with Gasteiger partial charge in [-0.25, -0.2) is 0 Å². The van der Waals surface area contributed by atoms with Gasteiger partial charge in [0.25, 0.3) is 5.91 Å². The number of amides is 1. The number of fused-ring (bicyclic) bond motifs is 1. The van der Waals surface area contributed by atoms with Crippen molar-refractivity contribution in [2.45, 2.75) is 25.7 Å². The topological polar surface area (TPSA) is 93.1 Å². The van der Waals surface area contributed by atoms with Gasteiger partial charge < -0.3 is 14.6 Å². The smallest absolute Gasteiger partial charge is 0.267 e. The number of hydrogen-bond donors (Lipinski definition) is 1. The Hall–Kier alpha value is -2.55. The van der Waals surface area contributed by atoms with Gasteiger partial charge in [-0.1, -0.05) is 0 Å². The van der Waals surface area contributed by atoms with E-state index in [4.69, 9.17) is 4.42 Å². The maximum atomic E-state index is 12.6. The van der Waals surface area contributed by atoms with E-state index in [-0.39, 0.29) is 5.57 Å². The zero-order chi connectivity index (χ0) is 19.6. The second-order valence-corrected chi connectivity index (χ2v) is 8.31. The van der Waals surface area contributed by atoms with Gasteiger partial charge in [-0.2, -0.15) is 10.5 Å². The van der Waals surface area contributed by atoms with Crippen molar-refractivity contribution in [3.63, 3.8) is 0 Å². The Bertz CT molecular complexity index is 1000. The van der Waals surface area contributed by atoms with Crippen LogP contribution in [0, 0.1) is 22.7 Å². The van der Waals surface area contributed by atoms with Crippen LogP contribution in [0.4, 0.5) is 10.9 Å². The summed E-state index contributed by atoms with van der Waals surface area (Å²) in [5, 5.41) is 22.2. The summed E-state index contributed by atoms with van der Waals surface area (Å²) in [5.41, 5.74) is 1.48. The van der Waals surface area contributed by atoms with Crippen molar-refractivity contribution >= 4 is 50.1 Å². The molecule has 0 aromatic carbocycles. The molecule has 3 rings (SSSR count). The van der Waals surface area contributed by atoms with Crippen LogP contribution >= 0.6 is 27.3 Å². The van der Waals surface area contributed by atoms with Crippen molar-refractivity contribution < 1.29 is 9.21 Å². The maximum Gasteiger partial charge on any atom is 0.267 e. The second kappa shape index (κ2) is 7.99. The average molecular weight is 445 g/mol. The van der Waals surface area contributed by atoms with E-state index >= 15 is 0 Å². The quantitative estimate of drug-likeness (QED) is 0.554. The normalized spacial score (nSPS) is 13.4. The molecule has 0 saturated carbocycles. The van der Waals surface area contributed by atoms with Crippen LogP contribution < -0.4 is 10.2 Å². The number of nitriles is 2. The molecule has 6 nitrogen and oxygen atoms in total. The van der Waals surface area contributed by atoms with Crippen LogP contribution in [-0.4, -0.2) is 20.0 Å². The first-order chi connectivity index (χ1) is 12.9. The molecule has 1 amide bonds. The fraction of sp³-hybridized carbons (Fsp3) is 0.316. The van der Waals surface area contributed by atoms with Crippen LogP contribution in [0.2, 0.25) is 0 Å². The Morgan fingerprint density at radius 1 is 1.37 bits per heavy atom. The van der Waals surface area contributed by atoms with E-state index < -0.39 is 5.91 Å². The fourth-order valence-electron chi connectivity index (χ4n) is 2.99. The average Bonchev–Trinajstić information content (AvgIpc) is 3.18. The van der Waals surface area contributed by atoms with Gasteiger partial charge in [-0.3, -0.25) is 4.79 Å². The van der Waals surface area contributed by atoms with Crippen LogP contribution in [0.15, 0.2) is 20.5 Å². The van der Waals surface area contributed by atoms with E-state index in [1.54, 1.807) is 11.0 Å². The molecule has 138 valence electrons. The van der Waals surface area contributed by atoms with Gasteiger partial charge in [0, 0.05) is 31.1 Å². The predicted octanol–water partition coefficient (Wildman–Crippen LogP) is 4.47. The van der Waals surface area contributed by atoms with Crippen molar-refractivity contribution in [2.75, 3.05) is 24.3 Å². The molecule has 1 N–H and O–H groups in total. The molecule has 0 bridgehead atoms. The molecule has 0 radical (unpaired) electrons. The van der Waals surface area contributed by atoms with Gasteiger partial charge in [0.2, 0.25) is 5.88 Å². The molecule has 0 aliphatic heterocycles. The highest BCUT2D eigenvalue weighted by Crippen LogP contribution is 2.38. The second-order valence-electron chi connectivity index (χ2n) is 6.35. The lowest BCUT2D eigenvalue weighted by molar-refractivity contribution is -0.112. The Morgan fingerprint density at radius 3 is 2.74 bits per heavy atom. The molecule has 2 aromatic rings. The zero-order valence-electron chi connectivity index (χ0n) is 14.9. The van der Waals surface area contributed by atoms with E-state index in [0.717, 1.165) is 40.6 Å². The Morgan fingerprint density at radius 2 is 2.11 bits per heavy atom. The van der Waals surface area contributed by atoms with E-state index in [9.17, 15) is 15.3 Å². The number of nitrogens with one attached hydrogen (secondary N) is 1. The lowest BCUT2D eigenvalue weighted by Gasteiger charge is -2.09. The molecule has 2 aromatic heterocycles. The van der Waals surface area contributed by atoms with Crippen molar-refractivity contribution in [1.82, 2.24) is 0 Å². The lowest BCUT2D eigenvalue weighted by atomic mass is 9.96. The van der Waals surface area contributed by atoms with E-state index in [1.807, 2.05) is 20.2 Å². The van der Waals surface area contributed by atoms with Crippen molar-refractivity contribution in [1.29, 1.82) is 10.5 Å². The highest BCUT2D eigenvalue weighted by molar-refractivity contribution is 9.10. The van der Waals surface area contributed by atoms with Crippen LogP contribution in [0.5, 0.6) is 0 Å². The molecule has 0 unspecified atom stereocenters. The number of thiophene rings is 1. The summed E-state index contributed by atoms with van der Waals surface area (Å²) in [6, 6.07) is 5.81. The lowest BCUT2D eigenvalue weighted by Crippen LogP contribution is -2.13. The number of nitrogens with zero attached hydrogens (tertiary/aromatic N) is 3. The number of carbonyl (C=O) groups is 1. The molecule has 27 heavy (non-hydrogen) atoms. The standard InChI is InChI=1S/C19H17BrN4O2S/c1-24(2)19-15(20)8-12(26-19)7-11(9-21)17(25)23-18-14(10-22)13-5-3-4-6-16(13)27-18/h7-8H,3-6H2,1-2H3,(H,23,25)/b11-7+. The largest absolute Gasteiger partial charge is 0.440 e. The molecule has 1 aliphatic carbocycles. The monoisotopic (exact) mass is 444 g/mol. The molecule has 0 spiro atoms. The van der Waals surface area contributed by atoms with Crippen molar-refractivity contribution in [3.05, 3.63) is 37.9 Å². The van der Waals surface area contributed by atoms with Gasteiger partial charge in [0.1, 0.15) is 28.5 Å². The van der Waals surface area contributed by atoms with Gasteiger partial charge in [-0.05, 0) is 47.2 Å². The summed E-state index contributed by atoms with van der Waals surface area (Å²) in [7, 11) is 3.66. The minimum Gasteiger partial charge on any atom is -0.440 e. The van der Waals surface area contributed by atoms with E-state index in [2.05, 4.69) is 27.3 Å². The Labute approximate surface area is 169 Å². The van der Waals surface area contributed by atoms with Crippen LogP contribution in [0.3, 0.4) is 0 Å². The first kappa shape index (κ1) is 19.2. The summed E-state index contributed by atoms with van der Waals surface area (Å²) in [6.07, 6.45) is 5.33. The van der Waals surface area contributed by atoms with Crippen LogP contribution in [0.25, 0.3) is 6.08 Å². The minimum atomic E-state index is -0.550. The molecular formula is C19H17BrN4O2S. The zero-order valence-corrected chi connectivity index (χ0v) is 17.3. The van der Waals surface area contributed by atoms with Crippen molar-refractivity contribution in [2.24, 2.45) is 0 Å². The summed E-state index contributed by atoms with van der Waals surface area (Å²) < 4.78 is 6.37. The minimum absolute atomic E-state index is 0.0863. The third-order valence-corrected chi connectivity index (χ3v) is 6.03. The summed E-state index contributed by atoms with van der Waals surface area (Å²) >= 11 is 4.82. The third-order valence-electron chi connectivity index (χ3n) is 4.26. The molecule has 8 heteroatoms. The molecule has 0 atom stereocenters. The van der Waals surface area contributed by atoms with Gasteiger partial charge in [0.05, 0.1) is 10.0 Å². The van der Waals surface area contributed by atoms with Crippen LogP contribution in [-0.2, 0) is 17.6 Å². The number of hydrogen-bond acceptors (Lipinski definition) is 6. The van der Waals surface area contributed by atoms with E-state index in [1.165, 1.54) is 17.4 Å². The van der Waals surface area contributed by atoms with Gasteiger partial charge >= 0.3 is 0 Å². The molecule has 0 fully saturated rings. The summed E-state index contributed by atoms with van der Waals surface area (Å²) in [6.45, 7) is 0. The number of aryl methyl sites for hydroxylation is 1. The first-order valence-electron chi connectivity index (χ1n) is 8.39. The number of halogens is 1. The highest BCUT2D eigenvalue weighted by Gasteiger charge is 2.23. The number of anilines is 2. The maximum absolute atomic E-state index is 12.6. The molecule has 0 saturated heterocycles. The number of furan rings is 1. The number of rotatable bonds is 4. The molecule has 1 aliphatic rings. The van der Waals surface area contributed by atoms with Crippen LogP contribution in [0.1, 0.15) is 34.6 Å². The third kappa shape index (κ3) is 3.92. The van der Waals surface area contributed by atoms with Gasteiger partial charge in [0.15, 0.2) is 0 Å². The highest BCUT2D eigenvalue weighted by atomic mass is 79.9. The molecule has 2 heterocycles. The summed E-state index contributed by atoms with van der Waals surface area (Å²) in [5.74, 6) is 0.437. The number of carbonyl (C=O) groups excluding carboxylic acids is 1. The van der Waals surface area contributed by atoms with E-state index in [0.29, 0.717) is 22.2 Å². The van der Waals surface area contributed by atoms with Crippen molar-refractivity contribution in [3.8, 4) is 12.1 Å². The SMILES string of the molecule is CN(C)c1oc(/C=C(\C#N)C(=O)Nc2sc3c(c2C#N)CCCC3)cc1Br. The molecular weight excluding hydrogens is 428 g/mol.